The van der Waals surface area contributed by atoms with Gasteiger partial charge in [-0.15, -0.1) is 0 Å². The van der Waals surface area contributed by atoms with Crippen LogP contribution >= 0.6 is 0 Å². The van der Waals surface area contributed by atoms with Gasteiger partial charge in [-0.1, -0.05) is 18.2 Å². The van der Waals surface area contributed by atoms with Crippen molar-refractivity contribution in [3.63, 3.8) is 0 Å². The SMILES string of the molecule is COC(=O)c1cc(O)cc(OC(=O)c2ccccc2)c1. The summed E-state index contributed by atoms with van der Waals surface area (Å²) in [5.41, 5.74) is 0.471. The van der Waals surface area contributed by atoms with Gasteiger partial charge in [-0.25, -0.2) is 9.59 Å². The van der Waals surface area contributed by atoms with E-state index in [0.29, 0.717) is 5.56 Å². The topological polar surface area (TPSA) is 72.8 Å². The van der Waals surface area contributed by atoms with Gasteiger partial charge >= 0.3 is 11.9 Å². The number of phenolic OH excluding ortho intramolecular Hbond substituents is 1. The number of benzene rings is 2. The van der Waals surface area contributed by atoms with Crippen molar-refractivity contribution in [3.8, 4) is 11.5 Å². The first-order valence-electron chi connectivity index (χ1n) is 5.80. The van der Waals surface area contributed by atoms with Crippen molar-refractivity contribution in [1.29, 1.82) is 0 Å². The van der Waals surface area contributed by atoms with E-state index in [-0.39, 0.29) is 17.1 Å². The van der Waals surface area contributed by atoms with Crippen molar-refractivity contribution in [2.45, 2.75) is 0 Å². The molecule has 0 atom stereocenters. The Balaban J connectivity index is 2.23. The summed E-state index contributed by atoms with van der Waals surface area (Å²) in [5, 5.41) is 9.52. The maximum Gasteiger partial charge on any atom is 0.343 e. The molecule has 0 fully saturated rings. The lowest BCUT2D eigenvalue weighted by molar-refractivity contribution is 0.0597. The molecule has 0 bridgehead atoms. The largest absolute Gasteiger partial charge is 0.508 e. The van der Waals surface area contributed by atoms with E-state index in [1.54, 1.807) is 30.3 Å². The lowest BCUT2D eigenvalue weighted by atomic mass is 10.2. The molecule has 0 saturated heterocycles. The van der Waals surface area contributed by atoms with Crippen LogP contribution in [0.25, 0.3) is 0 Å². The minimum absolute atomic E-state index is 0.0688. The Hall–Kier alpha value is -2.82. The number of ether oxygens (including phenoxy) is 2. The fraction of sp³-hybridized carbons (Fsp3) is 0.0667. The summed E-state index contributed by atoms with van der Waals surface area (Å²) >= 11 is 0. The molecule has 102 valence electrons. The van der Waals surface area contributed by atoms with Crippen LogP contribution in [0.1, 0.15) is 20.7 Å². The summed E-state index contributed by atoms with van der Waals surface area (Å²) in [6.45, 7) is 0. The number of hydrogen-bond donors (Lipinski definition) is 1. The standard InChI is InChI=1S/C15H12O5/c1-19-14(17)11-7-12(16)9-13(8-11)20-15(18)10-5-3-2-4-6-10/h2-9,16H,1H3. The molecule has 0 saturated carbocycles. The van der Waals surface area contributed by atoms with Crippen molar-refractivity contribution in [3.05, 3.63) is 59.7 Å². The molecule has 5 heteroatoms. The van der Waals surface area contributed by atoms with Gasteiger partial charge in [0.2, 0.25) is 0 Å². The van der Waals surface area contributed by atoms with Crippen molar-refractivity contribution in [2.75, 3.05) is 7.11 Å². The van der Waals surface area contributed by atoms with E-state index >= 15 is 0 Å². The van der Waals surface area contributed by atoms with Gasteiger partial charge in [-0.3, -0.25) is 0 Å². The number of carbonyl (C=O) groups excluding carboxylic acids is 2. The van der Waals surface area contributed by atoms with Gasteiger partial charge in [0, 0.05) is 6.07 Å². The van der Waals surface area contributed by atoms with Crippen LogP contribution in [0, 0.1) is 0 Å². The molecule has 0 aromatic heterocycles. The van der Waals surface area contributed by atoms with Crippen LogP contribution in [0.2, 0.25) is 0 Å². The lowest BCUT2D eigenvalue weighted by Gasteiger charge is -2.07. The molecule has 0 aliphatic rings. The Bertz CT molecular complexity index is 634. The number of aromatic hydroxyl groups is 1. The minimum Gasteiger partial charge on any atom is -0.508 e. The molecular weight excluding hydrogens is 260 g/mol. The molecule has 0 aliphatic carbocycles. The first-order valence-corrected chi connectivity index (χ1v) is 5.80. The number of carbonyl (C=O) groups is 2. The van der Waals surface area contributed by atoms with Crippen molar-refractivity contribution < 1.29 is 24.2 Å². The highest BCUT2D eigenvalue weighted by Gasteiger charge is 2.13. The van der Waals surface area contributed by atoms with Gasteiger partial charge in [0.15, 0.2) is 0 Å². The monoisotopic (exact) mass is 272 g/mol. The molecule has 1 N–H and O–H groups in total. The third kappa shape index (κ3) is 3.14. The van der Waals surface area contributed by atoms with Crippen molar-refractivity contribution in [2.24, 2.45) is 0 Å². The Morgan fingerprint density at radius 3 is 2.30 bits per heavy atom. The van der Waals surface area contributed by atoms with Crippen LogP contribution in [0.4, 0.5) is 0 Å². The van der Waals surface area contributed by atoms with Crippen LogP contribution in [0.15, 0.2) is 48.5 Å². The molecule has 5 nitrogen and oxygen atoms in total. The molecule has 0 heterocycles. The summed E-state index contributed by atoms with van der Waals surface area (Å²) in [7, 11) is 1.22. The van der Waals surface area contributed by atoms with Crippen molar-refractivity contribution >= 4 is 11.9 Å². The van der Waals surface area contributed by atoms with E-state index in [9.17, 15) is 14.7 Å². The molecule has 2 aromatic carbocycles. The first kappa shape index (κ1) is 13.6. The summed E-state index contributed by atoms with van der Waals surface area (Å²) in [6.07, 6.45) is 0. The minimum atomic E-state index is -0.627. The van der Waals surface area contributed by atoms with Gasteiger partial charge in [-0.05, 0) is 24.3 Å². The zero-order chi connectivity index (χ0) is 14.5. The second-order valence-electron chi connectivity index (χ2n) is 3.96. The van der Waals surface area contributed by atoms with Crippen molar-refractivity contribution in [1.82, 2.24) is 0 Å². The van der Waals surface area contributed by atoms with E-state index in [0.717, 1.165) is 0 Å². The summed E-state index contributed by atoms with van der Waals surface area (Å²) in [6, 6.07) is 12.2. The first-order chi connectivity index (χ1) is 9.60. The number of hydrogen-bond acceptors (Lipinski definition) is 5. The van der Waals surface area contributed by atoms with Crippen LogP contribution in [0.5, 0.6) is 11.5 Å². The highest BCUT2D eigenvalue weighted by Crippen LogP contribution is 2.23. The van der Waals surface area contributed by atoms with Crippen LogP contribution in [-0.2, 0) is 4.74 Å². The fourth-order valence-corrected chi connectivity index (χ4v) is 1.62. The average Bonchev–Trinajstić information content (AvgIpc) is 2.46. The van der Waals surface area contributed by atoms with Gasteiger partial charge in [-0.2, -0.15) is 0 Å². The highest BCUT2D eigenvalue weighted by atomic mass is 16.5. The molecule has 0 amide bonds. The molecule has 2 aromatic rings. The smallest absolute Gasteiger partial charge is 0.343 e. The zero-order valence-electron chi connectivity index (χ0n) is 10.7. The number of esters is 2. The van der Waals surface area contributed by atoms with E-state index < -0.39 is 11.9 Å². The predicted octanol–water partition coefficient (Wildman–Crippen LogP) is 2.40. The molecule has 0 radical (unpaired) electrons. The molecule has 0 unspecified atom stereocenters. The van der Waals surface area contributed by atoms with Gasteiger partial charge in [0.05, 0.1) is 18.2 Å². The van der Waals surface area contributed by atoms with E-state index in [2.05, 4.69) is 4.74 Å². The van der Waals surface area contributed by atoms with E-state index in [1.807, 2.05) is 0 Å². The van der Waals surface area contributed by atoms with Crippen LogP contribution < -0.4 is 4.74 Å². The quantitative estimate of drug-likeness (QED) is 0.686. The van der Waals surface area contributed by atoms with Crippen LogP contribution in [0.3, 0.4) is 0 Å². The predicted molar refractivity (Wildman–Crippen MR) is 70.8 cm³/mol. The van der Waals surface area contributed by atoms with Gasteiger partial charge < -0.3 is 14.6 Å². The Labute approximate surface area is 115 Å². The third-order valence-electron chi connectivity index (χ3n) is 2.53. The summed E-state index contributed by atoms with van der Waals surface area (Å²) in [5.74, 6) is -1.33. The number of rotatable bonds is 3. The molecule has 0 spiro atoms. The second kappa shape index (κ2) is 5.88. The molecule has 0 aliphatic heterocycles. The van der Waals surface area contributed by atoms with Gasteiger partial charge in [0.25, 0.3) is 0 Å². The second-order valence-corrected chi connectivity index (χ2v) is 3.96. The maximum absolute atomic E-state index is 11.9. The normalized spacial score (nSPS) is 9.85. The molecule has 2 rings (SSSR count). The van der Waals surface area contributed by atoms with Gasteiger partial charge in [0.1, 0.15) is 11.5 Å². The summed E-state index contributed by atoms with van der Waals surface area (Å²) < 4.78 is 9.66. The highest BCUT2D eigenvalue weighted by molar-refractivity contribution is 5.93. The molecular formula is C15H12O5. The fourth-order valence-electron chi connectivity index (χ4n) is 1.62. The van der Waals surface area contributed by atoms with Crippen LogP contribution in [-0.4, -0.2) is 24.2 Å². The summed E-state index contributed by atoms with van der Waals surface area (Å²) in [4.78, 5) is 23.3. The zero-order valence-corrected chi connectivity index (χ0v) is 10.7. The Morgan fingerprint density at radius 1 is 0.950 bits per heavy atom. The average molecular weight is 272 g/mol. The number of methoxy groups -OCH3 is 1. The molecule has 20 heavy (non-hydrogen) atoms. The Kier molecular flexibility index (Phi) is 4.00. The van der Waals surface area contributed by atoms with E-state index in [1.165, 1.54) is 25.3 Å². The Morgan fingerprint density at radius 2 is 1.65 bits per heavy atom. The third-order valence-corrected chi connectivity index (χ3v) is 2.53. The lowest BCUT2D eigenvalue weighted by Crippen LogP contribution is -2.09. The van der Waals surface area contributed by atoms with E-state index in [4.69, 9.17) is 4.74 Å². The number of phenols is 1. The maximum atomic E-state index is 11.9.